The third kappa shape index (κ3) is 4.05. The molecule has 1 aliphatic heterocycles. The number of likely N-dealkylation sites (tertiary alicyclic amines) is 1. The Labute approximate surface area is 169 Å². The Bertz CT molecular complexity index is 986. The Morgan fingerprint density at radius 3 is 2.53 bits per heavy atom. The molecule has 2 aliphatic rings. The number of hydrogen-bond donors (Lipinski definition) is 2. The molecule has 1 aliphatic carbocycles. The number of aromatic amines is 1. The van der Waals surface area contributed by atoms with E-state index in [-0.39, 0.29) is 23.4 Å². The van der Waals surface area contributed by atoms with Crippen LogP contribution < -0.4 is 10.9 Å². The maximum Gasteiger partial charge on any atom is 0.431 e. The first-order valence-corrected chi connectivity index (χ1v) is 9.90. The molecule has 30 heavy (non-hydrogen) atoms. The minimum atomic E-state index is -4.67. The van der Waals surface area contributed by atoms with E-state index in [0.29, 0.717) is 11.8 Å². The fourth-order valence-electron chi connectivity index (χ4n) is 3.78. The van der Waals surface area contributed by atoms with Crippen molar-refractivity contribution >= 4 is 11.9 Å². The summed E-state index contributed by atoms with van der Waals surface area (Å²) in [6.45, 7) is 3.31. The second kappa shape index (κ2) is 7.44. The standard InChI is InChI=1S/C19H22F3N5O3/c1-2-12(16(29)27-9-7-18(5-6-18)8-10-27)23-17-26-25-15(30-17)11-3-4-13(19(20,21)22)24-14(11)28/h3-4,12H,2,5-10H2,1H3,(H,23,26)(H,24,28)/t12-/m0/s1. The maximum atomic E-state index is 12.8. The Balaban J connectivity index is 1.44. The minimum absolute atomic E-state index is 0.0554. The van der Waals surface area contributed by atoms with E-state index in [9.17, 15) is 22.8 Å². The van der Waals surface area contributed by atoms with Crippen LogP contribution in [0, 0.1) is 5.41 Å². The van der Waals surface area contributed by atoms with Gasteiger partial charge in [0.1, 0.15) is 17.3 Å². The van der Waals surface area contributed by atoms with Crippen molar-refractivity contribution in [2.24, 2.45) is 5.41 Å². The van der Waals surface area contributed by atoms with Gasteiger partial charge in [-0.3, -0.25) is 9.59 Å². The number of anilines is 1. The number of carbonyl (C=O) groups excluding carboxylic acids is 1. The second-order valence-corrected chi connectivity index (χ2v) is 7.96. The van der Waals surface area contributed by atoms with Crippen molar-refractivity contribution in [2.45, 2.75) is 51.2 Å². The number of nitrogens with zero attached hydrogens (tertiary/aromatic N) is 3. The smallest absolute Gasteiger partial charge is 0.403 e. The van der Waals surface area contributed by atoms with Gasteiger partial charge >= 0.3 is 12.2 Å². The highest BCUT2D eigenvalue weighted by Crippen LogP contribution is 2.53. The van der Waals surface area contributed by atoms with Crippen molar-refractivity contribution in [3.63, 3.8) is 0 Å². The van der Waals surface area contributed by atoms with E-state index in [4.69, 9.17) is 4.42 Å². The van der Waals surface area contributed by atoms with Gasteiger partial charge in [0, 0.05) is 13.1 Å². The van der Waals surface area contributed by atoms with Gasteiger partial charge in [0.2, 0.25) is 5.91 Å². The van der Waals surface area contributed by atoms with Gasteiger partial charge < -0.3 is 19.6 Å². The molecule has 0 aromatic carbocycles. The average molecular weight is 425 g/mol. The molecule has 0 unspecified atom stereocenters. The summed E-state index contributed by atoms with van der Waals surface area (Å²) in [5.41, 5.74) is -1.89. The molecule has 3 heterocycles. The average Bonchev–Trinajstić information content (AvgIpc) is 3.30. The molecule has 1 spiro atoms. The van der Waals surface area contributed by atoms with E-state index in [0.717, 1.165) is 38.1 Å². The summed E-state index contributed by atoms with van der Waals surface area (Å²) in [6.07, 6.45) is 0.366. The molecule has 162 valence electrons. The van der Waals surface area contributed by atoms with Crippen molar-refractivity contribution in [3.8, 4) is 11.5 Å². The maximum absolute atomic E-state index is 12.8. The van der Waals surface area contributed by atoms with Gasteiger partial charge in [-0.25, -0.2) is 0 Å². The van der Waals surface area contributed by atoms with Crippen LogP contribution in [0.3, 0.4) is 0 Å². The first-order valence-electron chi connectivity index (χ1n) is 9.90. The highest BCUT2D eigenvalue weighted by Gasteiger charge is 2.45. The molecule has 1 amide bonds. The number of rotatable bonds is 5. The lowest BCUT2D eigenvalue weighted by Gasteiger charge is -2.34. The van der Waals surface area contributed by atoms with E-state index in [2.05, 4.69) is 15.5 Å². The predicted octanol–water partition coefficient (Wildman–Crippen LogP) is 3.04. The number of hydrogen-bond acceptors (Lipinski definition) is 6. The molecular weight excluding hydrogens is 403 g/mol. The lowest BCUT2D eigenvalue weighted by atomic mass is 9.93. The van der Waals surface area contributed by atoms with Crippen LogP contribution in [-0.4, -0.2) is 45.1 Å². The Morgan fingerprint density at radius 2 is 1.97 bits per heavy atom. The van der Waals surface area contributed by atoms with E-state index < -0.39 is 23.5 Å². The number of nitrogens with one attached hydrogen (secondary N) is 2. The van der Waals surface area contributed by atoms with Crippen LogP contribution in [0.15, 0.2) is 21.3 Å². The lowest BCUT2D eigenvalue weighted by molar-refractivity contribution is -0.141. The van der Waals surface area contributed by atoms with Crippen molar-refractivity contribution in [1.82, 2.24) is 20.1 Å². The second-order valence-electron chi connectivity index (χ2n) is 7.96. The lowest BCUT2D eigenvalue weighted by Crippen LogP contribution is -2.46. The zero-order chi connectivity index (χ0) is 21.5. The molecule has 8 nitrogen and oxygen atoms in total. The van der Waals surface area contributed by atoms with Crippen LogP contribution in [-0.2, 0) is 11.0 Å². The predicted molar refractivity (Wildman–Crippen MR) is 101 cm³/mol. The van der Waals surface area contributed by atoms with Gasteiger partial charge in [0.15, 0.2) is 0 Å². The van der Waals surface area contributed by atoms with Crippen molar-refractivity contribution in [1.29, 1.82) is 0 Å². The SMILES string of the molecule is CC[C@H](Nc1nnc(-c2ccc(C(F)(F)F)[nH]c2=O)o1)C(=O)N1CCC2(CC1)CC2. The van der Waals surface area contributed by atoms with Crippen molar-refractivity contribution in [2.75, 3.05) is 18.4 Å². The van der Waals surface area contributed by atoms with Crippen LogP contribution in [0.2, 0.25) is 0 Å². The molecule has 2 aromatic rings. The van der Waals surface area contributed by atoms with Crippen LogP contribution >= 0.6 is 0 Å². The Hall–Kier alpha value is -2.85. The highest BCUT2D eigenvalue weighted by molar-refractivity contribution is 5.84. The number of H-pyrrole nitrogens is 1. The van der Waals surface area contributed by atoms with Gasteiger partial charge in [-0.05, 0) is 49.7 Å². The van der Waals surface area contributed by atoms with Crippen molar-refractivity contribution < 1.29 is 22.4 Å². The van der Waals surface area contributed by atoms with Crippen LogP contribution in [0.4, 0.5) is 19.2 Å². The van der Waals surface area contributed by atoms with E-state index in [1.54, 1.807) is 4.98 Å². The molecule has 4 rings (SSSR count). The van der Waals surface area contributed by atoms with E-state index in [1.807, 2.05) is 11.8 Å². The monoisotopic (exact) mass is 425 g/mol. The summed E-state index contributed by atoms with van der Waals surface area (Å²) in [5.74, 6) is -0.288. The normalized spacial score (nSPS) is 19.0. The summed E-state index contributed by atoms with van der Waals surface area (Å²) in [6, 6.07) is 1.07. The summed E-state index contributed by atoms with van der Waals surface area (Å²) in [5, 5.41) is 10.4. The topological polar surface area (TPSA) is 104 Å². The van der Waals surface area contributed by atoms with Gasteiger partial charge in [0.05, 0.1) is 0 Å². The molecule has 2 N–H and O–H groups in total. The summed E-state index contributed by atoms with van der Waals surface area (Å²) in [7, 11) is 0. The van der Waals surface area contributed by atoms with Crippen LogP contribution in [0.1, 0.15) is 44.7 Å². The van der Waals surface area contributed by atoms with E-state index >= 15 is 0 Å². The molecule has 11 heteroatoms. The van der Waals surface area contributed by atoms with Crippen LogP contribution in [0.5, 0.6) is 0 Å². The Kier molecular flexibility index (Phi) is 5.07. The number of amides is 1. The third-order valence-corrected chi connectivity index (χ3v) is 5.97. The highest BCUT2D eigenvalue weighted by atomic mass is 19.4. The first kappa shape index (κ1) is 20.4. The quantitative estimate of drug-likeness (QED) is 0.763. The number of piperidine rings is 1. The van der Waals surface area contributed by atoms with Gasteiger partial charge in [-0.15, -0.1) is 5.10 Å². The summed E-state index contributed by atoms with van der Waals surface area (Å²) >= 11 is 0. The number of alkyl halides is 3. The summed E-state index contributed by atoms with van der Waals surface area (Å²) < 4.78 is 43.5. The molecule has 0 bridgehead atoms. The largest absolute Gasteiger partial charge is 0.431 e. The number of halogens is 3. The molecule has 1 saturated heterocycles. The fourth-order valence-corrected chi connectivity index (χ4v) is 3.78. The zero-order valence-corrected chi connectivity index (χ0v) is 16.4. The van der Waals surface area contributed by atoms with Gasteiger partial charge in [-0.2, -0.15) is 13.2 Å². The molecule has 2 fully saturated rings. The van der Waals surface area contributed by atoms with Crippen LogP contribution in [0.25, 0.3) is 11.5 Å². The van der Waals surface area contributed by atoms with E-state index in [1.165, 1.54) is 12.8 Å². The number of aromatic nitrogens is 3. The van der Waals surface area contributed by atoms with Crippen molar-refractivity contribution in [3.05, 3.63) is 28.2 Å². The minimum Gasteiger partial charge on any atom is -0.403 e. The number of carbonyl (C=O) groups is 1. The Morgan fingerprint density at radius 1 is 1.27 bits per heavy atom. The third-order valence-electron chi connectivity index (χ3n) is 5.97. The fraction of sp³-hybridized carbons (Fsp3) is 0.579. The number of pyridine rings is 1. The van der Waals surface area contributed by atoms with Gasteiger partial charge in [-0.1, -0.05) is 12.0 Å². The molecular formula is C19H22F3N5O3. The molecule has 0 radical (unpaired) electrons. The molecule has 1 saturated carbocycles. The molecule has 1 atom stereocenters. The summed E-state index contributed by atoms with van der Waals surface area (Å²) in [4.78, 5) is 28.4. The zero-order valence-electron chi connectivity index (χ0n) is 16.4. The first-order chi connectivity index (χ1) is 14.2. The molecule has 2 aromatic heterocycles. The van der Waals surface area contributed by atoms with Gasteiger partial charge in [0.25, 0.3) is 11.4 Å².